The fraction of sp³-hybridized carbons (Fsp3) is 0.857. The van der Waals surface area contributed by atoms with Gasteiger partial charge in [-0.25, -0.2) is 0 Å². The molecule has 0 aliphatic carbocycles. The summed E-state index contributed by atoms with van der Waals surface area (Å²) in [6, 6.07) is 0.627. The van der Waals surface area contributed by atoms with Crippen LogP contribution < -0.4 is 9.44 Å². The highest BCUT2D eigenvalue weighted by Gasteiger charge is 2.30. The molecule has 0 bridgehead atoms. The Labute approximate surface area is 91.8 Å². The average Bonchev–Trinajstić information content (AvgIpc) is 2.13. The van der Waals surface area contributed by atoms with Gasteiger partial charge in [-0.1, -0.05) is 13.3 Å². The summed E-state index contributed by atoms with van der Waals surface area (Å²) in [7, 11) is -4.29. The van der Waals surface area contributed by atoms with Crippen LogP contribution in [0.5, 0.6) is 0 Å². The number of alkyl halides is 3. The first-order valence-corrected chi connectivity index (χ1v) is 5.92. The van der Waals surface area contributed by atoms with Crippen molar-refractivity contribution in [3.63, 3.8) is 0 Å². The third kappa shape index (κ3) is 7.44. The van der Waals surface area contributed by atoms with Crippen LogP contribution in [0.2, 0.25) is 0 Å². The molecule has 0 spiro atoms. The van der Waals surface area contributed by atoms with E-state index in [0.29, 0.717) is 6.42 Å². The van der Waals surface area contributed by atoms with E-state index in [1.54, 1.807) is 13.0 Å². The van der Waals surface area contributed by atoms with E-state index in [0.717, 1.165) is 0 Å². The first kappa shape index (κ1) is 15.2. The third-order valence-corrected chi connectivity index (χ3v) is 2.61. The van der Waals surface area contributed by atoms with Crippen molar-refractivity contribution in [2.24, 2.45) is 0 Å². The Hall–Kier alpha value is -0.850. The van der Waals surface area contributed by atoms with Gasteiger partial charge in [0.05, 0.1) is 6.07 Å². The van der Waals surface area contributed by atoms with E-state index in [1.165, 1.54) is 4.72 Å². The molecule has 0 radical (unpaired) electrons. The van der Waals surface area contributed by atoms with Crippen molar-refractivity contribution in [2.75, 3.05) is 6.54 Å². The van der Waals surface area contributed by atoms with E-state index in [1.807, 2.05) is 4.72 Å². The Bertz CT molecular complexity index is 347. The minimum absolute atomic E-state index is 0.240. The van der Waals surface area contributed by atoms with Crippen LogP contribution >= 0.6 is 0 Å². The molecule has 0 aromatic rings. The van der Waals surface area contributed by atoms with E-state index >= 15 is 0 Å². The van der Waals surface area contributed by atoms with Crippen LogP contribution in [0.3, 0.4) is 0 Å². The maximum absolute atomic E-state index is 11.7. The maximum atomic E-state index is 11.7. The van der Waals surface area contributed by atoms with Crippen LogP contribution in [-0.4, -0.2) is 27.2 Å². The molecule has 0 heterocycles. The molecule has 0 aliphatic heterocycles. The van der Waals surface area contributed by atoms with Crippen LogP contribution in [0.1, 0.15) is 19.8 Å². The normalized spacial score (nSPS) is 14.4. The van der Waals surface area contributed by atoms with Crippen molar-refractivity contribution in [2.45, 2.75) is 32.0 Å². The predicted octanol–water partition coefficient (Wildman–Crippen LogP) is 0.665. The Morgan fingerprint density at radius 2 is 2.00 bits per heavy atom. The number of nitrogens with one attached hydrogen (secondary N) is 2. The summed E-state index contributed by atoms with van der Waals surface area (Å²) in [6.45, 7) is 0.0639. The molecule has 0 aromatic heterocycles. The van der Waals surface area contributed by atoms with Crippen molar-refractivity contribution < 1.29 is 21.6 Å². The van der Waals surface area contributed by atoms with Gasteiger partial charge >= 0.3 is 6.18 Å². The van der Waals surface area contributed by atoms with Crippen LogP contribution in [0.4, 0.5) is 13.2 Å². The molecule has 0 aliphatic rings. The molecule has 1 atom stereocenters. The van der Waals surface area contributed by atoms with Crippen LogP contribution in [0.15, 0.2) is 0 Å². The third-order valence-electron chi connectivity index (χ3n) is 1.49. The molecule has 0 saturated carbocycles. The standard InChI is InChI=1S/C7H12F3N3O2S/c1-2-3-6(4-11)13-16(14,15)12-5-7(8,9)10/h6,12-13H,2-3,5H2,1H3. The monoisotopic (exact) mass is 259 g/mol. The molecule has 94 valence electrons. The Morgan fingerprint density at radius 3 is 2.38 bits per heavy atom. The maximum Gasteiger partial charge on any atom is 0.402 e. The van der Waals surface area contributed by atoms with E-state index in [2.05, 4.69) is 0 Å². The van der Waals surface area contributed by atoms with Gasteiger partial charge in [0.25, 0.3) is 10.2 Å². The van der Waals surface area contributed by atoms with Gasteiger partial charge in [-0.3, -0.25) is 0 Å². The van der Waals surface area contributed by atoms with Gasteiger partial charge in [-0.05, 0) is 6.42 Å². The zero-order chi connectivity index (χ0) is 12.8. The van der Waals surface area contributed by atoms with Crippen LogP contribution in [0, 0.1) is 11.3 Å². The summed E-state index contributed by atoms with van der Waals surface area (Å²) >= 11 is 0. The number of nitriles is 1. The fourth-order valence-corrected chi connectivity index (χ4v) is 1.83. The summed E-state index contributed by atoms with van der Waals surface area (Å²) in [4.78, 5) is 0. The Morgan fingerprint density at radius 1 is 1.44 bits per heavy atom. The van der Waals surface area contributed by atoms with Gasteiger partial charge in [0.2, 0.25) is 0 Å². The topological polar surface area (TPSA) is 82.0 Å². The van der Waals surface area contributed by atoms with Crippen molar-refractivity contribution in [3.8, 4) is 6.07 Å². The van der Waals surface area contributed by atoms with E-state index in [-0.39, 0.29) is 6.42 Å². The zero-order valence-corrected chi connectivity index (χ0v) is 9.32. The summed E-state index contributed by atoms with van der Waals surface area (Å²) in [5.41, 5.74) is 0. The first-order chi connectivity index (χ1) is 7.20. The molecule has 0 rings (SSSR count). The van der Waals surface area contributed by atoms with Crippen molar-refractivity contribution in [3.05, 3.63) is 0 Å². The number of halogens is 3. The van der Waals surface area contributed by atoms with Crippen molar-refractivity contribution in [1.29, 1.82) is 5.26 Å². The molecule has 0 fully saturated rings. The molecule has 1 unspecified atom stereocenters. The minimum Gasteiger partial charge on any atom is -0.197 e. The second-order valence-corrected chi connectivity index (χ2v) is 4.56. The number of hydrogen-bond acceptors (Lipinski definition) is 3. The van der Waals surface area contributed by atoms with E-state index < -0.39 is 29.0 Å². The molecular formula is C7H12F3N3O2S. The van der Waals surface area contributed by atoms with Crippen LogP contribution in [0.25, 0.3) is 0 Å². The molecule has 5 nitrogen and oxygen atoms in total. The van der Waals surface area contributed by atoms with Crippen molar-refractivity contribution in [1.82, 2.24) is 9.44 Å². The highest BCUT2D eigenvalue weighted by Crippen LogP contribution is 2.12. The molecule has 0 aromatic carbocycles. The second kappa shape index (κ2) is 6.03. The quantitative estimate of drug-likeness (QED) is 0.735. The molecular weight excluding hydrogens is 247 g/mol. The number of rotatable bonds is 6. The second-order valence-electron chi connectivity index (χ2n) is 3.03. The van der Waals surface area contributed by atoms with Gasteiger partial charge < -0.3 is 0 Å². The highest BCUT2D eigenvalue weighted by atomic mass is 32.2. The predicted molar refractivity (Wildman–Crippen MR) is 50.4 cm³/mol. The lowest BCUT2D eigenvalue weighted by Gasteiger charge is -2.13. The minimum atomic E-state index is -4.62. The van der Waals surface area contributed by atoms with Crippen molar-refractivity contribution >= 4 is 10.2 Å². The van der Waals surface area contributed by atoms with Gasteiger partial charge in [0.15, 0.2) is 0 Å². The lowest BCUT2D eigenvalue weighted by atomic mass is 10.2. The van der Waals surface area contributed by atoms with Gasteiger partial charge in [-0.2, -0.15) is 36.3 Å². The first-order valence-electron chi connectivity index (χ1n) is 4.43. The Balaban J connectivity index is 4.30. The summed E-state index contributed by atoms with van der Waals surface area (Å²) < 4.78 is 60.4. The van der Waals surface area contributed by atoms with Crippen LogP contribution in [-0.2, 0) is 10.2 Å². The highest BCUT2D eigenvalue weighted by molar-refractivity contribution is 7.87. The van der Waals surface area contributed by atoms with Gasteiger partial charge in [-0.15, -0.1) is 0 Å². The van der Waals surface area contributed by atoms with E-state index in [9.17, 15) is 21.6 Å². The van der Waals surface area contributed by atoms with Gasteiger partial charge in [0, 0.05) is 0 Å². The van der Waals surface area contributed by atoms with Gasteiger partial charge in [0.1, 0.15) is 12.6 Å². The summed E-state index contributed by atoms with van der Waals surface area (Å²) in [6.07, 6.45) is -3.84. The fourth-order valence-electron chi connectivity index (χ4n) is 0.844. The SMILES string of the molecule is CCCC(C#N)NS(=O)(=O)NCC(F)(F)F. The average molecular weight is 259 g/mol. The molecule has 16 heavy (non-hydrogen) atoms. The lowest BCUT2D eigenvalue weighted by Crippen LogP contribution is -2.45. The van der Waals surface area contributed by atoms with E-state index in [4.69, 9.17) is 5.26 Å². The molecule has 2 N–H and O–H groups in total. The summed E-state index contributed by atoms with van der Waals surface area (Å²) in [5, 5.41) is 8.52. The largest absolute Gasteiger partial charge is 0.402 e. The number of nitrogens with zero attached hydrogens (tertiary/aromatic N) is 1. The molecule has 0 saturated heterocycles. The number of hydrogen-bond donors (Lipinski definition) is 2. The smallest absolute Gasteiger partial charge is 0.197 e. The molecule has 0 amide bonds. The Kier molecular flexibility index (Phi) is 5.71. The zero-order valence-electron chi connectivity index (χ0n) is 8.50. The molecule has 9 heteroatoms. The lowest BCUT2D eigenvalue weighted by molar-refractivity contribution is -0.121. The summed E-state index contributed by atoms with van der Waals surface area (Å²) in [5.74, 6) is 0.